The van der Waals surface area contributed by atoms with Crippen LogP contribution in [-0.2, 0) is 20.8 Å². The third kappa shape index (κ3) is 8.82. The van der Waals surface area contributed by atoms with Crippen molar-refractivity contribution in [1.82, 2.24) is 16.1 Å². The molecule has 1 aromatic carbocycles. The molecule has 1 aliphatic rings. The summed E-state index contributed by atoms with van der Waals surface area (Å²) in [6, 6.07) is 5.61. The molecule has 8 nitrogen and oxygen atoms in total. The van der Waals surface area contributed by atoms with E-state index in [0.717, 1.165) is 18.4 Å². The Labute approximate surface area is 177 Å². The van der Waals surface area contributed by atoms with Crippen LogP contribution in [-0.4, -0.2) is 40.6 Å². The summed E-state index contributed by atoms with van der Waals surface area (Å²) in [6.45, 7) is 0.318. The van der Waals surface area contributed by atoms with Crippen molar-refractivity contribution in [2.75, 3.05) is 6.54 Å². The van der Waals surface area contributed by atoms with Crippen molar-refractivity contribution >= 4 is 17.7 Å². The van der Waals surface area contributed by atoms with Gasteiger partial charge in [0.05, 0.1) is 6.42 Å². The zero-order valence-corrected chi connectivity index (χ0v) is 17.4. The lowest BCUT2D eigenvalue weighted by molar-refractivity contribution is -0.135. The maximum absolute atomic E-state index is 12.5. The average molecular weight is 420 g/mol. The predicted octanol–water partition coefficient (Wildman–Crippen LogP) is 2.18. The largest absolute Gasteiger partial charge is 0.508 e. The molecule has 0 aliphatic heterocycles. The second-order valence-electron chi connectivity index (χ2n) is 7.96. The SMILES string of the molecule is O=C(C[C@@H](NC(=O)CCCC1CCCCC1)C(=O)NCCc1ccc(O)cc1)NO. The summed E-state index contributed by atoms with van der Waals surface area (Å²) in [7, 11) is 0. The molecule has 0 spiro atoms. The van der Waals surface area contributed by atoms with Gasteiger partial charge in [0, 0.05) is 13.0 Å². The minimum Gasteiger partial charge on any atom is -0.508 e. The van der Waals surface area contributed by atoms with E-state index in [1.54, 1.807) is 24.3 Å². The van der Waals surface area contributed by atoms with Crippen molar-refractivity contribution in [2.45, 2.75) is 70.3 Å². The van der Waals surface area contributed by atoms with Gasteiger partial charge in [-0.1, -0.05) is 44.2 Å². The summed E-state index contributed by atoms with van der Waals surface area (Å²) in [4.78, 5) is 36.3. The van der Waals surface area contributed by atoms with E-state index in [4.69, 9.17) is 5.21 Å². The van der Waals surface area contributed by atoms with Gasteiger partial charge in [-0.05, 0) is 42.9 Å². The monoisotopic (exact) mass is 419 g/mol. The highest BCUT2D eigenvalue weighted by molar-refractivity contribution is 5.91. The molecule has 166 valence electrons. The van der Waals surface area contributed by atoms with Gasteiger partial charge in [-0.2, -0.15) is 0 Å². The molecule has 1 aromatic rings. The highest BCUT2D eigenvalue weighted by Crippen LogP contribution is 2.27. The number of amides is 3. The van der Waals surface area contributed by atoms with Crippen LogP contribution in [0.2, 0.25) is 0 Å². The molecule has 1 aliphatic carbocycles. The van der Waals surface area contributed by atoms with Gasteiger partial charge < -0.3 is 15.7 Å². The lowest BCUT2D eigenvalue weighted by Gasteiger charge is -2.21. The first kappa shape index (κ1) is 23.7. The van der Waals surface area contributed by atoms with Gasteiger partial charge in [-0.25, -0.2) is 5.48 Å². The Morgan fingerprint density at radius 1 is 1.03 bits per heavy atom. The molecule has 0 heterocycles. The smallest absolute Gasteiger partial charge is 0.245 e. The van der Waals surface area contributed by atoms with E-state index in [-0.39, 0.29) is 18.1 Å². The van der Waals surface area contributed by atoms with Crippen molar-refractivity contribution < 1.29 is 24.7 Å². The average Bonchev–Trinajstić information content (AvgIpc) is 2.75. The number of carbonyl (C=O) groups is 3. The van der Waals surface area contributed by atoms with Crippen molar-refractivity contribution in [2.24, 2.45) is 5.92 Å². The molecule has 2 rings (SSSR count). The van der Waals surface area contributed by atoms with Gasteiger partial charge in [-0.15, -0.1) is 0 Å². The fourth-order valence-electron chi connectivity index (χ4n) is 3.85. The van der Waals surface area contributed by atoms with E-state index >= 15 is 0 Å². The molecule has 1 fully saturated rings. The van der Waals surface area contributed by atoms with Crippen LogP contribution >= 0.6 is 0 Å². The van der Waals surface area contributed by atoms with E-state index in [2.05, 4.69) is 10.6 Å². The highest BCUT2D eigenvalue weighted by Gasteiger charge is 2.23. The van der Waals surface area contributed by atoms with Crippen LogP contribution in [0.4, 0.5) is 0 Å². The third-order valence-corrected chi connectivity index (χ3v) is 5.56. The normalized spacial score (nSPS) is 15.2. The summed E-state index contributed by atoms with van der Waals surface area (Å²) in [5.74, 6) is -0.626. The number of aromatic hydroxyl groups is 1. The highest BCUT2D eigenvalue weighted by atomic mass is 16.5. The predicted molar refractivity (Wildman–Crippen MR) is 112 cm³/mol. The van der Waals surface area contributed by atoms with E-state index in [0.29, 0.717) is 25.3 Å². The number of phenolic OH excluding ortho intramolecular Hbond substituents is 1. The number of carbonyl (C=O) groups excluding carboxylic acids is 3. The Morgan fingerprint density at radius 3 is 2.40 bits per heavy atom. The summed E-state index contributed by atoms with van der Waals surface area (Å²) in [5, 5.41) is 23.4. The summed E-state index contributed by atoms with van der Waals surface area (Å²) >= 11 is 0. The van der Waals surface area contributed by atoms with E-state index in [9.17, 15) is 19.5 Å². The van der Waals surface area contributed by atoms with Crippen LogP contribution in [0.1, 0.15) is 63.4 Å². The molecule has 30 heavy (non-hydrogen) atoms. The molecule has 0 radical (unpaired) electrons. The first-order chi connectivity index (χ1) is 14.5. The molecule has 0 bridgehead atoms. The standard InChI is InChI=1S/C22H33N3O5/c26-18-11-9-17(10-12-18)13-14-23-22(29)19(15-21(28)25-30)24-20(27)8-4-7-16-5-2-1-3-6-16/h9-12,16,19,26,30H,1-8,13-15H2,(H,23,29)(H,24,27)(H,25,28)/t19-/m1/s1. The fraction of sp³-hybridized carbons (Fsp3) is 0.591. The maximum Gasteiger partial charge on any atom is 0.245 e. The molecule has 5 N–H and O–H groups in total. The molecule has 0 unspecified atom stereocenters. The van der Waals surface area contributed by atoms with E-state index < -0.39 is 17.9 Å². The summed E-state index contributed by atoms with van der Waals surface area (Å²) < 4.78 is 0. The van der Waals surface area contributed by atoms with Crippen LogP contribution in [0.15, 0.2) is 24.3 Å². The Kier molecular flexibility index (Phi) is 10.1. The first-order valence-electron chi connectivity index (χ1n) is 10.8. The third-order valence-electron chi connectivity index (χ3n) is 5.56. The van der Waals surface area contributed by atoms with Crippen LogP contribution in [0.25, 0.3) is 0 Å². The van der Waals surface area contributed by atoms with Crippen LogP contribution in [0.5, 0.6) is 5.75 Å². The zero-order chi connectivity index (χ0) is 21.8. The molecule has 3 amide bonds. The van der Waals surface area contributed by atoms with Crippen molar-refractivity contribution in [3.8, 4) is 5.75 Å². The van der Waals surface area contributed by atoms with Gasteiger partial charge in [-0.3, -0.25) is 19.6 Å². The Morgan fingerprint density at radius 2 is 1.73 bits per heavy atom. The Hall–Kier alpha value is -2.61. The molecular formula is C22H33N3O5. The lowest BCUT2D eigenvalue weighted by atomic mass is 9.86. The van der Waals surface area contributed by atoms with Crippen LogP contribution in [0, 0.1) is 5.92 Å². The number of hydrogen-bond donors (Lipinski definition) is 5. The lowest BCUT2D eigenvalue weighted by Crippen LogP contribution is -2.49. The van der Waals surface area contributed by atoms with Gasteiger partial charge in [0.25, 0.3) is 0 Å². The van der Waals surface area contributed by atoms with Gasteiger partial charge in [0.15, 0.2) is 0 Å². The second kappa shape index (κ2) is 12.8. The fourth-order valence-corrected chi connectivity index (χ4v) is 3.85. The van der Waals surface area contributed by atoms with Crippen LogP contribution < -0.4 is 16.1 Å². The number of hydroxylamine groups is 1. The quantitative estimate of drug-likeness (QED) is 0.277. The number of phenols is 1. The minimum absolute atomic E-state index is 0.170. The van der Waals surface area contributed by atoms with Crippen LogP contribution in [0.3, 0.4) is 0 Å². The molecule has 1 saturated carbocycles. The first-order valence-corrected chi connectivity index (χ1v) is 10.8. The molecular weight excluding hydrogens is 386 g/mol. The summed E-state index contributed by atoms with van der Waals surface area (Å²) in [6.07, 6.45) is 8.57. The maximum atomic E-state index is 12.5. The summed E-state index contributed by atoms with van der Waals surface area (Å²) in [5.41, 5.74) is 2.44. The van der Waals surface area contributed by atoms with Gasteiger partial charge in [0.1, 0.15) is 11.8 Å². The molecule has 8 heteroatoms. The zero-order valence-electron chi connectivity index (χ0n) is 17.4. The second-order valence-corrected chi connectivity index (χ2v) is 7.96. The van der Waals surface area contributed by atoms with Crippen molar-refractivity contribution in [3.63, 3.8) is 0 Å². The van der Waals surface area contributed by atoms with Gasteiger partial charge in [0.2, 0.25) is 17.7 Å². The molecule has 0 saturated heterocycles. The topological polar surface area (TPSA) is 128 Å². The number of hydrogen-bond acceptors (Lipinski definition) is 5. The molecule has 0 aromatic heterocycles. The minimum atomic E-state index is -1.04. The van der Waals surface area contributed by atoms with Crippen molar-refractivity contribution in [1.29, 1.82) is 0 Å². The van der Waals surface area contributed by atoms with E-state index in [1.807, 2.05) is 0 Å². The van der Waals surface area contributed by atoms with E-state index in [1.165, 1.54) is 37.6 Å². The Bertz CT molecular complexity index is 687. The van der Waals surface area contributed by atoms with Crippen molar-refractivity contribution in [3.05, 3.63) is 29.8 Å². The molecule has 1 atom stereocenters. The number of benzene rings is 1. The number of nitrogens with one attached hydrogen (secondary N) is 3. The Balaban J connectivity index is 1.77. The number of rotatable bonds is 11. The van der Waals surface area contributed by atoms with Gasteiger partial charge >= 0.3 is 0 Å².